The molecule has 0 unspecified atom stereocenters. The molecule has 0 spiro atoms. The molecule has 0 bridgehead atoms. The van der Waals surface area contributed by atoms with Gasteiger partial charge in [0.1, 0.15) is 11.6 Å². The quantitative estimate of drug-likeness (QED) is 0.729. The number of nitrogens with zero attached hydrogens (tertiary/aromatic N) is 4. The van der Waals surface area contributed by atoms with Crippen LogP contribution in [0.1, 0.15) is 30.7 Å². The highest BCUT2D eigenvalue weighted by atomic mass is 19.1. The van der Waals surface area contributed by atoms with Crippen LogP contribution < -0.4 is 0 Å². The molecule has 1 amide bonds. The van der Waals surface area contributed by atoms with E-state index in [4.69, 9.17) is 0 Å². The summed E-state index contributed by atoms with van der Waals surface area (Å²) >= 11 is 0. The van der Waals surface area contributed by atoms with Gasteiger partial charge in [-0.05, 0) is 44.6 Å². The molecule has 0 radical (unpaired) electrons. The van der Waals surface area contributed by atoms with Crippen molar-refractivity contribution in [1.82, 2.24) is 19.4 Å². The number of benzene rings is 1. The van der Waals surface area contributed by atoms with E-state index in [1.54, 1.807) is 18.3 Å². The van der Waals surface area contributed by atoms with Crippen molar-refractivity contribution < 1.29 is 9.18 Å². The lowest BCUT2D eigenvalue weighted by Gasteiger charge is -2.32. The smallest absolute Gasteiger partial charge is 0.226 e. The molecule has 0 atom stereocenters. The van der Waals surface area contributed by atoms with Crippen LogP contribution in [0, 0.1) is 11.7 Å². The van der Waals surface area contributed by atoms with Gasteiger partial charge in [-0.1, -0.05) is 18.6 Å². The summed E-state index contributed by atoms with van der Waals surface area (Å²) in [4.78, 5) is 21.3. The van der Waals surface area contributed by atoms with E-state index in [-0.39, 0.29) is 17.6 Å². The van der Waals surface area contributed by atoms with Crippen LogP contribution in [-0.2, 0) is 17.9 Å². The summed E-state index contributed by atoms with van der Waals surface area (Å²) in [6.45, 7) is 2.66. The van der Waals surface area contributed by atoms with Crippen molar-refractivity contribution >= 4 is 5.91 Å². The number of rotatable bonds is 8. The van der Waals surface area contributed by atoms with E-state index in [1.165, 1.54) is 12.1 Å². The third kappa shape index (κ3) is 4.69. The van der Waals surface area contributed by atoms with Gasteiger partial charge in [0.15, 0.2) is 0 Å². The fourth-order valence-corrected chi connectivity index (χ4v) is 3.09. The number of aromatic nitrogens is 2. The number of halogens is 1. The molecule has 2 aromatic rings. The lowest BCUT2D eigenvalue weighted by molar-refractivity contribution is -0.139. The van der Waals surface area contributed by atoms with Crippen LogP contribution in [0.5, 0.6) is 0 Å². The molecular weight excluding hydrogens is 331 g/mol. The van der Waals surface area contributed by atoms with Crippen LogP contribution in [0.15, 0.2) is 36.7 Å². The first-order chi connectivity index (χ1) is 12.5. The Hall–Kier alpha value is -2.21. The van der Waals surface area contributed by atoms with Gasteiger partial charge in [-0.3, -0.25) is 4.79 Å². The fraction of sp³-hybridized carbons (Fsp3) is 0.500. The molecule has 1 heterocycles. The maximum Gasteiger partial charge on any atom is 0.226 e. The zero-order chi connectivity index (χ0) is 18.5. The predicted octanol–water partition coefficient (Wildman–Crippen LogP) is 2.76. The first kappa shape index (κ1) is 18.6. The summed E-state index contributed by atoms with van der Waals surface area (Å²) in [6.07, 6.45) is 6.83. The van der Waals surface area contributed by atoms with Crippen LogP contribution in [-0.4, -0.2) is 52.4 Å². The Kier molecular flexibility index (Phi) is 6.04. The van der Waals surface area contributed by atoms with E-state index in [9.17, 15) is 9.18 Å². The van der Waals surface area contributed by atoms with Crippen LogP contribution in [0.3, 0.4) is 0 Å². The first-order valence-electron chi connectivity index (χ1n) is 9.21. The number of hydrogen-bond donors (Lipinski definition) is 0. The van der Waals surface area contributed by atoms with Gasteiger partial charge in [-0.15, -0.1) is 0 Å². The molecule has 0 N–H and O–H groups in total. The molecule has 3 rings (SSSR count). The Morgan fingerprint density at radius 1 is 1.23 bits per heavy atom. The van der Waals surface area contributed by atoms with Gasteiger partial charge < -0.3 is 14.4 Å². The van der Waals surface area contributed by atoms with E-state index >= 15 is 0 Å². The highest BCUT2D eigenvalue weighted by Gasteiger charge is 2.30. The van der Waals surface area contributed by atoms with Gasteiger partial charge in [0, 0.05) is 37.9 Å². The summed E-state index contributed by atoms with van der Waals surface area (Å²) < 4.78 is 15.1. The SMILES string of the molecule is CN(C)CCN(Cc1nccn1Cc1ccc(F)cc1)C(=O)C1CCC1. The normalized spacial score (nSPS) is 14.5. The minimum atomic E-state index is -0.236. The summed E-state index contributed by atoms with van der Waals surface area (Å²) in [6, 6.07) is 6.50. The number of carbonyl (C=O) groups excluding carboxylic acids is 1. The van der Waals surface area contributed by atoms with Crippen molar-refractivity contribution in [3.63, 3.8) is 0 Å². The van der Waals surface area contributed by atoms with Crippen molar-refractivity contribution in [3.05, 3.63) is 53.9 Å². The summed E-state index contributed by atoms with van der Waals surface area (Å²) in [5.74, 6) is 1.05. The molecule has 0 saturated heterocycles. The van der Waals surface area contributed by atoms with Gasteiger partial charge in [-0.25, -0.2) is 9.37 Å². The van der Waals surface area contributed by atoms with Crippen molar-refractivity contribution in [1.29, 1.82) is 0 Å². The second-order valence-electron chi connectivity index (χ2n) is 7.29. The number of amides is 1. The molecule has 1 fully saturated rings. The average molecular weight is 358 g/mol. The predicted molar refractivity (Wildman–Crippen MR) is 99.0 cm³/mol. The molecule has 1 saturated carbocycles. The minimum absolute atomic E-state index is 0.178. The molecule has 5 nitrogen and oxygen atoms in total. The van der Waals surface area contributed by atoms with E-state index in [0.29, 0.717) is 19.6 Å². The Morgan fingerprint density at radius 2 is 1.96 bits per heavy atom. The summed E-state index contributed by atoms with van der Waals surface area (Å²) in [5, 5.41) is 0. The Labute approximate surface area is 154 Å². The van der Waals surface area contributed by atoms with Crippen molar-refractivity contribution in [3.8, 4) is 0 Å². The molecule has 1 aromatic heterocycles. The van der Waals surface area contributed by atoms with Gasteiger partial charge in [0.2, 0.25) is 5.91 Å². The van der Waals surface area contributed by atoms with Crippen LogP contribution in [0.25, 0.3) is 0 Å². The molecule has 6 heteroatoms. The highest BCUT2D eigenvalue weighted by molar-refractivity contribution is 5.79. The van der Waals surface area contributed by atoms with E-state index in [2.05, 4.69) is 9.88 Å². The molecule has 26 heavy (non-hydrogen) atoms. The van der Waals surface area contributed by atoms with Gasteiger partial charge in [0.25, 0.3) is 0 Å². The number of imidazole rings is 1. The fourth-order valence-electron chi connectivity index (χ4n) is 3.09. The monoisotopic (exact) mass is 358 g/mol. The second kappa shape index (κ2) is 8.45. The molecule has 1 aliphatic rings. The summed E-state index contributed by atoms with van der Waals surface area (Å²) in [7, 11) is 4.03. The third-order valence-electron chi connectivity index (χ3n) is 4.98. The number of likely N-dealkylation sites (N-methyl/N-ethyl adjacent to an activating group) is 1. The van der Waals surface area contributed by atoms with Crippen LogP contribution in [0.2, 0.25) is 0 Å². The summed E-state index contributed by atoms with van der Waals surface area (Å²) in [5.41, 5.74) is 1.01. The van der Waals surface area contributed by atoms with E-state index < -0.39 is 0 Å². The second-order valence-corrected chi connectivity index (χ2v) is 7.29. The topological polar surface area (TPSA) is 41.4 Å². The zero-order valence-corrected chi connectivity index (χ0v) is 15.6. The van der Waals surface area contributed by atoms with Crippen molar-refractivity contribution in [2.24, 2.45) is 5.92 Å². The Bertz CT molecular complexity index is 722. The molecule has 1 aliphatic carbocycles. The zero-order valence-electron chi connectivity index (χ0n) is 15.6. The lowest BCUT2D eigenvalue weighted by atomic mass is 9.84. The minimum Gasteiger partial charge on any atom is -0.334 e. The molecular formula is C20H27FN4O. The van der Waals surface area contributed by atoms with Gasteiger partial charge >= 0.3 is 0 Å². The first-order valence-corrected chi connectivity index (χ1v) is 9.21. The van der Waals surface area contributed by atoms with Crippen molar-refractivity contribution in [2.75, 3.05) is 27.2 Å². The molecule has 140 valence electrons. The lowest BCUT2D eigenvalue weighted by Crippen LogP contribution is -2.42. The standard InChI is InChI=1S/C20H27FN4O/c1-23(2)12-13-25(20(26)17-4-3-5-17)15-19-22-10-11-24(19)14-16-6-8-18(21)9-7-16/h6-11,17H,3-5,12-15H2,1-2H3. The van der Waals surface area contributed by atoms with Crippen LogP contribution >= 0.6 is 0 Å². The number of hydrogen-bond acceptors (Lipinski definition) is 3. The maximum absolute atomic E-state index is 13.1. The van der Waals surface area contributed by atoms with E-state index in [1.807, 2.05) is 29.8 Å². The van der Waals surface area contributed by atoms with Crippen LogP contribution in [0.4, 0.5) is 4.39 Å². The Balaban J connectivity index is 1.70. The highest BCUT2D eigenvalue weighted by Crippen LogP contribution is 2.28. The van der Waals surface area contributed by atoms with Crippen molar-refractivity contribution in [2.45, 2.75) is 32.4 Å². The van der Waals surface area contributed by atoms with Gasteiger partial charge in [0.05, 0.1) is 6.54 Å². The molecule has 0 aliphatic heterocycles. The van der Waals surface area contributed by atoms with Gasteiger partial charge in [-0.2, -0.15) is 0 Å². The maximum atomic E-state index is 13.1. The Morgan fingerprint density at radius 3 is 2.58 bits per heavy atom. The third-order valence-corrected chi connectivity index (χ3v) is 4.98. The average Bonchev–Trinajstić information content (AvgIpc) is 2.98. The molecule has 1 aromatic carbocycles. The largest absolute Gasteiger partial charge is 0.334 e. The van der Waals surface area contributed by atoms with E-state index in [0.717, 1.165) is 37.2 Å². The number of carbonyl (C=O) groups is 1.